The molecule has 0 aliphatic heterocycles. The molecule has 1 aliphatic carbocycles. The average Bonchev–Trinajstić information content (AvgIpc) is 3.86. The van der Waals surface area contributed by atoms with Crippen molar-refractivity contribution in [1.82, 2.24) is 9.97 Å². The lowest BCUT2D eigenvalue weighted by molar-refractivity contribution is 0.660. The second-order valence-electron chi connectivity index (χ2n) is 17.3. The molecule has 1 aliphatic rings. The Bertz CT molecular complexity index is 3570. The number of nitrogens with zero attached hydrogens (tertiary/aromatic N) is 2. The summed E-state index contributed by atoms with van der Waals surface area (Å²) in [6.45, 7) is 4.72. The van der Waals surface area contributed by atoms with Gasteiger partial charge in [0.25, 0.3) is 0 Å². The Morgan fingerprint density at radius 2 is 0.938 bits per heavy atom. The molecule has 3 nitrogen and oxygen atoms in total. The van der Waals surface area contributed by atoms with E-state index in [1.807, 2.05) is 18.2 Å². The molecule has 9 aromatic carbocycles. The van der Waals surface area contributed by atoms with Crippen LogP contribution < -0.4 is 0 Å². The third-order valence-electron chi connectivity index (χ3n) is 13.1. The first-order chi connectivity index (χ1) is 31.5. The molecule has 2 aromatic heterocycles. The van der Waals surface area contributed by atoms with Crippen LogP contribution in [0.15, 0.2) is 223 Å². The van der Waals surface area contributed by atoms with E-state index in [0.29, 0.717) is 5.82 Å². The first-order valence-electron chi connectivity index (χ1n) is 22.0. The minimum absolute atomic E-state index is 0.183. The first kappa shape index (κ1) is 37.6. The summed E-state index contributed by atoms with van der Waals surface area (Å²) in [6.07, 6.45) is 0. The van der Waals surface area contributed by atoms with Crippen LogP contribution in [0.25, 0.3) is 111 Å². The van der Waals surface area contributed by atoms with Crippen LogP contribution >= 0.6 is 0 Å². The summed E-state index contributed by atoms with van der Waals surface area (Å²) in [6, 6.07) is 77.8. The summed E-state index contributed by atoms with van der Waals surface area (Å²) in [5.41, 5.74) is 20.7. The third kappa shape index (κ3) is 6.28. The van der Waals surface area contributed by atoms with Crippen molar-refractivity contribution in [3.63, 3.8) is 0 Å². The SMILES string of the molecule is CC1(C)c2cc(-c3ccccc3-c3cc(-c4cc(-c5ccccc5)cc(-c5cccc6c5oc5ccccc56)c4)nc(-c4ccccc4)n3)ccc2-c2c(-c3ccccc3)cccc21. The standard InChI is InChI=1S/C61H42N2O/c1-61(2)53-30-17-27-47(40-20-8-4-9-21-40)58(53)52-33-32-42(37-54(52)61)46-24-12-13-25-49(46)56-38-55(62-60(63-56)41-22-10-5-11-23-41)45-35-43(39-18-6-3-7-19-39)34-44(36-45)48-28-16-29-51-50-26-14-15-31-57(50)64-59(48)51/h3-38H,1-2H3. The zero-order valence-corrected chi connectivity index (χ0v) is 35.6. The van der Waals surface area contributed by atoms with E-state index in [0.717, 1.165) is 83.4 Å². The summed E-state index contributed by atoms with van der Waals surface area (Å²) in [4.78, 5) is 10.7. The van der Waals surface area contributed by atoms with Gasteiger partial charge in [-0.2, -0.15) is 0 Å². The number of rotatable bonds is 7. The molecule has 0 radical (unpaired) electrons. The van der Waals surface area contributed by atoms with Gasteiger partial charge in [0.1, 0.15) is 11.2 Å². The molecule has 302 valence electrons. The molecule has 0 spiro atoms. The van der Waals surface area contributed by atoms with Crippen LogP contribution in [0, 0.1) is 0 Å². The summed E-state index contributed by atoms with van der Waals surface area (Å²) in [7, 11) is 0. The van der Waals surface area contributed by atoms with Gasteiger partial charge in [0, 0.05) is 38.4 Å². The highest BCUT2D eigenvalue weighted by atomic mass is 16.3. The van der Waals surface area contributed by atoms with E-state index in [2.05, 4.69) is 214 Å². The quantitative estimate of drug-likeness (QED) is 0.161. The topological polar surface area (TPSA) is 38.9 Å². The van der Waals surface area contributed by atoms with Crippen LogP contribution in [0.5, 0.6) is 0 Å². The number of para-hydroxylation sites is 2. The smallest absolute Gasteiger partial charge is 0.160 e. The minimum Gasteiger partial charge on any atom is -0.455 e. The monoisotopic (exact) mass is 818 g/mol. The molecule has 0 saturated carbocycles. The molecule has 0 fully saturated rings. The zero-order chi connectivity index (χ0) is 42.8. The van der Waals surface area contributed by atoms with Crippen LogP contribution in [0.2, 0.25) is 0 Å². The predicted molar refractivity (Wildman–Crippen MR) is 265 cm³/mol. The van der Waals surface area contributed by atoms with Crippen molar-refractivity contribution in [3.8, 4) is 89.5 Å². The molecule has 12 rings (SSSR count). The van der Waals surface area contributed by atoms with E-state index in [9.17, 15) is 0 Å². The van der Waals surface area contributed by atoms with Gasteiger partial charge in [-0.05, 0) is 97.6 Å². The molecule has 0 saturated heterocycles. The molecule has 11 aromatic rings. The number of hydrogen-bond acceptors (Lipinski definition) is 3. The fraction of sp³-hybridized carbons (Fsp3) is 0.0492. The fourth-order valence-corrected chi connectivity index (χ4v) is 9.92. The molecule has 0 atom stereocenters. The highest BCUT2D eigenvalue weighted by molar-refractivity contribution is 6.10. The second kappa shape index (κ2) is 15.0. The van der Waals surface area contributed by atoms with Gasteiger partial charge in [0.15, 0.2) is 5.82 Å². The normalized spacial score (nSPS) is 12.7. The van der Waals surface area contributed by atoms with Gasteiger partial charge in [0.2, 0.25) is 0 Å². The van der Waals surface area contributed by atoms with E-state index in [-0.39, 0.29) is 5.41 Å². The highest BCUT2D eigenvalue weighted by Gasteiger charge is 2.37. The Morgan fingerprint density at radius 3 is 1.73 bits per heavy atom. The Hall–Kier alpha value is -8.14. The maximum absolute atomic E-state index is 6.60. The van der Waals surface area contributed by atoms with E-state index in [4.69, 9.17) is 14.4 Å². The van der Waals surface area contributed by atoms with Crippen LogP contribution in [-0.2, 0) is 5.41 Å². The maximum atomic E-state index is 6.60. The van der Waals surface area contributed by atoms with E-state index in [1.165, 1.54) is 33.4 Å². The molecule has 0 N–H and O–H groups in total. The number of benzene rings is 9. The van der Waals surface area contributed by atoms with Gasteiger partial charge < -0.3 is 4.42 Å². The molecule has 0 amide bonds. The predicted octanol–water partition coefficient (Wildman–Crippen LogP) is 16.4. The largest absolute Gasteiger partial charge is 0.455 e. The van der Waals surface area contributed by atoms with Gasteiger partial charge in [0.05, 0.1) is 11.4 Å². The summed E-state index contributed by atoms with van der Waals surface area (Å²) < 4.78 is 6.60. The van der Waals surface area contributed by atoms with Crippen molar-refractivity contribution in [3.05, 3.63) is 230 Å². The van der Waals surface area contributed by atoms with Crippen molar-refractivity contribution >= 4 is 21.9 Å². The number of furan rings is 1. The van der Waals surface area contributed by atoms with Crippen LogP contribution in [0.1, 0.15) is 25.0 Å². The van der Waals surface area contributed by atoms with E-state index >= 15 is 0 Å². The first-order valence-corrected chi connectivity index (χ1v) is 22.0. The molecule has 0 bridgehead atoms. The van der Waals surface area contributed by atoms with E-state index in [1.54, 1.807) is 0 Å². The van der Waals surface area contributed by atoms with Crippen molar-refractivity contribution in [2.75, 3.05) is 0 Å². The summed E-state index contributed by atoms with van der Waals surface area (Å²) in [5.74, 6) is 0.674. The van der Waals surface area contributed by atoms with Crippen molar-refractivity contribution in [2.45, 2.75) is 19.3 Å². The molecule has 0 unspecified atom stereocenters. The zero-order valence-electron chi connectivity index (χ0n) is 35.6. The Labute approximate surface area is 373 Å². The van der Waals surface area contributed by atoms with Gasteiger partial charge in [-0.15, -0.1) is 0 Å². The highest BCUT2D eigenvalue weighted by Crippen LogP contribution is 2.53. The molecule has 64 heavy (non-hydrogen) atoms. The summed E-state index contributed by atoms with van der Waals surface area (Å²) >= 11 is 0. The molecular formula is C61H42N2O. The fourth-order valence-electron chi connectivity index (χ4n) is 9.92. The second-order valence-corrected chi connectivity index (χ2v) is 17.3. The van der Waals surface area contributed by atoms with Crippen molar-refractivity contribution in [2.24, 2.45) is 0 Å². The number of hydrogen-bond donors (Lipinski definition) is 0. The molecular weight excluding hydrogens is 777 g/mol. The van der Waals surface area contributed by atoms with Crippen LogP contribution in [0.4, 0.5) is 0 Å². The lowest BCUT2D eigenvalue weighted by Gasteiger charge is -2.22. The van der Waals surface area contributed by atoms with Crippen LogP contribution in [-0.4, -0.2) is 9.97 Å². The maximum Gasteiger partial charge on any atom is 0.160 e. The molecule has 2 heterocycles. The average molecular weight is 819 g/mol. The Morgan fingerprint density at radius 1 is 0.344 bits per heavy atom. The number of fused-ring (bicyclic) bond motifs is 6. The molecule has 3 heteroatoms. The third-order valence-corrected chi connectivity index (χ3v) is 13.1. The van der Waals surface area contributed by atoms with Gasteiger partial charge in [-0.1, -0.05) is 196 Å². The van der Waals surface area contributed by atoms with Crippen LogP contribution in [0.3, 0.4) is 0 Å². The van der Waals surface area contributed by atoms with E-state index < -0.39 is 0 Å². The lowest BCUT2D eigenvalue weighted by atomic mass is 9.81. The minimum atomic E-state index is -0.183. The summed E-state index contributed by atoms with van der Waals surface area (Å²) in [5, 5.41) is 2.21. The van der Waals surface area contributed by atoms with Gasteiger partial charge >= 0.3 is 0 Å². The van der Waals surface area contributed by atoms with Crippen molar-refractivity contribution in [1.29, 1.82) is 0 Å². The number of aromatic nitrogens is 2. The lowest BCUT2D eigenvalue weighted by Crippen LogP contribution is -2.15. The Kier molecular flexibility index (Phi) is 8.84. The van der Waals surface area contributed by atoms with Gasteiger partial charge in [-0.3, -0.25) is 0 Å². The van der Waals surface area contributed by atoms with Crippen molar-refractivity contribution < 1.29 is 4.42 Å². The van der Waals surface area contributed by atoms with Gasteiger partial charge in [-0.25, -0.2) is 9.97 Å². The Balaban J connectivity index is 1.04.